The van der Waals surface area contributed by atoms with Gasteiger partial charge in [0.2, 0.25) is 0 Å². The molecule has 0 aliphatic heterocycles. The summed E-state index contributed by atoms with van der Waals surface area (Å²) in [7, 11) is 0. The Bertz CT molecular complexity index is 399. The van der Waals surface area contributed by atoms with Crippen molar-refractivity contribution < 1.29 is 19.2 Å². The lowest BCUT2D eigenvalue weighted by Crippen LogP contribution is -2.30. The minimum absolute atomic E-state index is 0.371. The van der Waals surface area contributed by atoms with Gasteiger partial charge in [0, 0.05) is 13.8 Å². The van der Waals surface area contributed by atoms with E-state index in [-0.39, 0.29) is 5.91 Å². The number of hydrogen-bond acceptors (Lipinski definition) is 4. The van der Waals surface area contributed by atoms with E-state index in [2.05, 4.69) is 0 Å². The van der Waals surface area contributed by atoms with Gasteiger partial charge in [-0.2, -0.15) is 0 Å². The third-order valence-electron chi connectivity index (χ3n) is 1.89. The van der Waals surface area contributed by atoms with E-state index in [0.29, 0.717) is 18.0 Å². The summed E-state index contributed by atoms with van der Waals surface area (Å²) in [6.07, 6.45) is 0. The molecular formula is C12H15NO4. The summed E-state index contributed by atoms with van der Waals surface area (Å²) in [5.74, 6) is -0.221. The number of carbonyl (C=O) groups excluding carboxylic acids is 2. The van der Waals surface area contributed by atoms with E-state index < -0.39 is 5.97 Å². The predicted molar refractivity (Wildman–Crippen MR) is 62.5 cm³/mol. The van der Waals surface area contributed by atoms with Crippen LogP contribution in [-0.2, 0) is 14.4 Å². The van der Waals surface area contributed by atoms with E-state index >= 15 is 0 Å². The molecule has 1 aromatic carbocycles. The maximum atomic E-state index is 11.3. The zero-order valence-electron chi connectivity index (χ0n) is 10.1. The van der Waals surface area contributed by atoms with Crippen molar-refractivity contribution in [2.75, 3.05) is 11.7 Å². The summed E-state index contributed by atoms with van der Waals surface area (Å²) in [4.78, 5) is 27.0. The van der Waals surface area contributed by atoms with Gasteiger partial charge < -0.3 is 9.57 Å². The van der Waals surface area contributed by atoms with Crippen LogP contribution in [0.5, 0.6) is 5.75 Å². The Morgan fingerprint density at radius 2 is 1.76 bits per heavy atom. The van der Waals surface area contributed by atoms with E-state index in [4.69, 9.17) is 9.57 Å². The van der Waals surface area contributed by atoms with Crippen molar-refractivity contribution in [2.24, 2.45) is 0 Å². The Morgan fingerprint density at radius 3 is 2.18 bits per heavy atom. The molecule has 17 heavy (non-hydrogen) atoms. The molecular weight excluding hydrogens is 222 g/mol. The molecule has 0 saturated carbocycles. The smallest absolute Gasteiger partial charge is 0.330 e. The molecule has 0 aromatic heterocycles. The van der Waals surface area contributed by atoms with Gasteiger partial charge in [-0.3, -0.25) is 4.79 Å². The summed E-state index contributed by atoms with van der Waals surface area (Å²) < 4.78 is 5.27. The minimum Gasteiger partial charge on any atom is -0.494 e. The first-order valence-electron chi connectivity index (χ1n) is 5.26. The Labute approximate surface area is 99.9 Å². The molecule has 5 heteroatoms. The highest BCUT2D eigenvalue weighted by molar-refractivity contribution is 5.91. The predicted octanol–water partition coefficient (Wildman–Crippen LogP) is 1.92. The second-order valence-electron chi connectivity index (χ2n) is 3.32. The average molecular weight is 237 g/mol. The SMILES string of the molecule is CCOc1ccc(N(OC(C)=O)C(C)=O)cc1. The van der Waals surface area contributed by atoms with Crippen LogP contribution in [0.4, 0.5) is 5.69 Å². The monoisotopic (exact) mass is 237 g/mol. The van der Waals surface area contributed by atoms with Gasteiger partial charge in [0.15, 0.2) is 0 Å². The van der Waals surface area contributed by atoms with Gasteiger partial charge in [0.1, 0.15) is 5.75 Å². The molecule has 1 aromatic rings. The molecule has 0 aliphatic carbocycles. The molecule has 0 N–H and O–H groups in total. The van der Waals surface area contributed by atoms with E-state index in [0.717, 1.165) is 5.06 Å². The van der Waals surface area contributed by atoms with Gasteiger partial charge in [0.25, 0.3) is 5.91 Å². The number of rotatable bonds is 3. The van der Waals surface area contributed by atoms with Crippen LogP contribution < -0.4 is 9.80 Å². The Hall–Kier alpha value is -2.04. The van der Waals surface area contributed by atoms with E-state index in [9.17, 15) is 9.59 Å². The van der Waals surface area contributed by atoms with Crippen LogP contribution in [0.2, 0.25) is 0 Å². The maximum Gasteiger partial charge on any atom is 0.330 e. The summed E-state index contributed by atoms with van der Waals surface area (Å²) >= 11 is 0. The van der Waals surface area contributed by atoms with Crippen molar-refractivity contribution in [1.82, 2.24) is 0 Å². The highest BCUT2D eigenvalue weighted by Gasteiger charge is 2.14. The summed E-state index contributed by atoms with van der Waals surface area (Å²) in [5.41, 5.74) is 0.483. The van der Waals surface area contributed by atoms with E-state index in [1.54, 1.807) is 24.3 Å². The standard InChI is InChI=1S/C12H15NO4/c1-4-16-12-7-5-11(6-8-12)13(9(2)14)17-10(3)15/h5-8H,4H2,1-3H3. The maximum absolute atomic E-state index is 11.3. The first-order valence-corrected chi connectivity index (χ1v) is 5.26. The third kappa shape index (κ3) is 3.79. The van der Waals surface area contributed by atoms with Crippen LogP contribution in [0.3, 0.4) is 0 Å². The van der Waals surface area contributed by atoms with Crippen molar-refractivity contribution in [3.8, 4) is 5.75 Å². The van der Waals surface area contributed by atoms with Crippen molar-refractivity contribution in [3.05, 3.63) is 24.3 Å². The Kier molecular flexibility index (Phi) is 4.51. The summed E-state index contributed by atoms with van der Waals surface area (Å²) in [6.45, 7) is 5.01. The lowest BCUT2D eigenvalue weighted by molar-refractivity contribution is -0.147. The fourth-order valence-corrected chi connectivity index (χ4v) is 1.27. The number of hydrogen-bond donors (Lipinski definition) is 0. The molecule has 0 atom stereocenters. The second-order valence-corrected chi connectivity index (χ2v) is 3.32. The number of carbonyl (C=O) groups is 2. The molecule has 0 aliphatic rings. The second kappa shape index (κ2) is 5.89. The number of anilines is 1. The fourth-order valence-electron chi connectivity index (χ4n) is 1.27. The molecule has 1 rings (SSSR count). The molecule has 5 nitrogen and oxygen atoms in total. The molecule has 0 spiro atoms. The van der Waals surface area contributed by atoms with Crippen molar-refractivity contribution in [1.29, 1.82) is 0 Å². The van der Waals surface area contributed by atoms with Crippen LogP contribution in [0, 0.1) is 0 Å². The van der Waals surface area contributed by atoms with Gasteiger partial charge in [-0.15, -0.1) is 5.06 Å². The van der Waals surface area contributed by atoms with Crippen LogP contribution in [0.15, 0.2) is 24.3 Å². The lowest BCUT2D eigenvalue weighted by Gasteiger charge is -2.18. The zero-order valence-corrected chi connectivity index (χ0v) is 10.1. The van der Waals surface area contributed by atoms with Crippen molar-refractivity contribution in [2.45, 2.75) is 20.8 Å². The molecule has 0 unspecified atom stereocenters. The fraction of sp³-hybridized carbons (Fsp3) is 0.333. The molecule has 0 fully saturated rings. The van der Waals surface area contributed by atoms with Gasteiger partial charge in [0.05, 0.1) is 12.3 Å². The van der Waals surface area contributed by atoms with Gasteiger partial charge in [-0.25, -0.2) is 4.79 Å². The van der Waals surface area contributed by atoms with Gasteiger partial charge in [-0.05, 0) is 31.2 Å². The minimum atomic E-state index is -0.547. The normalized spacial score (nSPS) is 9.59. The Morgan fingerprint density at radius 1 is 1.18 bits per heavy atom. The van der Waals surface area contributed by atoms with Crippen LogP contribution >= 0.6 is 0 Å². The van der Waals surface area contributed by atoms with Crippen molar-refractivity contribution in [3.63, 3.8) is 0 Å². The third-order valence-corrected chi connectivity index (χ3v) is 1.89. The first kappa shape index (κ1) is 13.0. The number of hydroxylamine groups is 1. The van der Waals surface area contributed by atoms with Crippen LogP contribution in [0.1, 0.15) is 20.8 Å². The Balaban J connectivity index is 2.87. The number of benzene rings is 1. The first-order chi connectivity index (χ1) is 8.04. The quantitative estimate of drug-likeness (QED) is 0.753. The van der Waals surface area contributed by atoms with Gasteiger partial charge >= 0.3 is 5.97 Å². The number of nitrogens with zero attached hydrogens (tertiary/aromatic N) is 1. The summed E-state index contributed by atoms with van der Waals surface area (Å²) in [6, 6.07) is 6.71. The average Bonchev–Trinajstić information content (AvgIpc) is 2.27. The molecule has 0 bridgehead atoms. The molecule has 0 saturated heterocycles. The largest absolute Gasteiger partial charge is 0.494 e. The van der Waals surface area contributed by atoms with Gasteiger partial charge in [-0.1, -0.05) is 0 Å². The lowest BCUT2D eigenvalue weighted by atomic mass is 10.3. The molecule has 1 amide bonds. The molecule has 92 valence electrons. The molecule has 0 radical (unpaired) electrons. The zero-order chi connectivity index (χ0) is 12.8. The van der Waals surface area contributed by atoms with E-state index in [1.807, 2.05) is 6.92 Å². The highest BCUT2D eigenvalue weighted by Crippen LogP contribution is 2.20. The number of amides is 1. The van der Waals surface area contributed by atoms with Crippen molar-refractivity contribution >= 4 is 17.6 Å². The highest BCUT2D eigenvalue weighted by atomic mass is 16.7. The topological polar surface area (TPSA) is 55.8 Å². The van der Waals surface area contributed by atoms with Crippen LogP contribution in [-0.4, -0.2) is 18.5 Å². The molecule has 0 heterocycles. The summed E-state index contributed by atoms with van der Waals surface area (Å²) in [5, 5.41) is 0.943. The van der Waals surface area contributed by atoms with Crippen LogP contribution in [0.25, 0.3) is 0 Å². The number of ether oxygens (including phenoxy) is 1. The van der Waals surface area contributed by atoms with E-state index in [1.165, 1.54) is 13.8 Å².